The number of hydrogen-bond acceptors (Lipinski definition) is 9. The number of amides is 1. The molecule has 252 valence electrons. The minimum atomic E-state index is -0.908. The fraction of sp³-hybridized carbons (Fsp3) is 0.270. The van der Waals surface area contributed by atoms with Crippen LogP contribution in [-0.2, 0) is 32.2 Å². The Morgan fingerprint density at radius 2 is 1.61 bits per heavy atom. The Labute approximate surface area is 288 Å². The number of carbonyl (C=O) groups is 2. The number of rotatable bonds is 14. The summed E-state index contributed by atoms with van der Waals surface area (Å²) in [6, 6.07) is 33.4. The zero-order chi connectivity index (χ0) is 34.0. The van der Waals surface area contributed by atoms with Gasteiger partial charge in [0.1, 0.15) is 0 Å². The molecular formula is C37H37N5O6S. The maximum absolute atomic E-state index is 12.3. The van der Waals surface area contributed by atoms with E-state index in [2.05, 4.69) is 20.8 Å². The third-order valence-corrected chi connectivity index (χ3v) is 9.29. The first-order valence-corrected chi connectivity index (χ1v) is 17.1. The van der Waals surface area contributed by atoms with Gasteiger partial charge >= 0.3 is 5.97 Å². The van der Waals surface area contributed by atoms with Crippen molar-refractivity contribution in [3.63, 3.8) is 0 Å². The predicted molar refractivity (Wildman–Crippen MR) is 184 cm³/mol. The number of aliphatic hydroxyl groups is 1. The lowest BCUT2D eigenvalue weighted by molar-refractivity contribution is -0.245. The molecule has 0 spiro atoms. The van der Waals surface area contributed by atoms with Crippen LogP contribution in [0.2, 0.25) is 0 Å². The monoisotopic (exact) mass is 679 g/mol. The Balaban J connectivity index is 1.17. The van der Waals surface area contributed by atoms with Gasteiger partial charge in [-0.15, -0.1) is 5.10 Å². The summed E-state index contributed by atoms with van der Waals surface area (Å²) in [5, 5.41) is 34.3. The van der Waals surface area contributed by atoms with Crippen molar-refractivity contribution in [2.45, 2.75) is 62.5 Å². The molecule has 1 saturated heterocycles. The predicted octanol–water partition coefficient (Wildman–Crippen LogP) is 6.03. The van der Waals surface area contributed by atoms with Crippen molar-refractivity contribution in [2.24, 2.45) is 0 Å². The number of aromatic nitrogens is 4. The van der Waals surface area contributed by atoms with E-state index < -0.39 is 12.3 Å². The molecule has 0 aliphatic carbocycles. The second-order valence-corrected chi connectivity index (χ2v) is 12.7. The summed E-state index contributed by atoms with van der Waals surface area (Å²) >= 11 is 1.53. The summed E-state index contributed by atoms with van der Waals surface area (Å²) in [7, 11) is 0. The van der Waals surface area contributed by atoms with Crippen molar-refractivity contribution in [2.75, 3.05) is 5.75 Å². The normalized spacial score (nSPS) is 17.4. The lowest BCUT2D eigenvalue weighted by atomic mass is 9.97. The smallest absolute Gasteiger partial charge is 0.303 e. The standard InChI is InChI=1S/C37H37N5O6S/c43-23-25-13-15-27(16-14-25)33-21-31(24-49-37-39-40-41-42(37)30-8-2-1-3-9-30)47-36(48-33)28-19-17-26(18-20-28)32-10-5-4-7-29(32)22-38-34(44)11-6-12-35(45)46/h1-5,7-10,13-20,31,33,36,43H,6,11-12,21-24H2,(H,38,44)(H,45,46)/t31-,33+,36+/m0/s1. The van der Waals surface area contributed by atoms with E-state index in [4.69, 9.17) is 14.6 Å². The van der Waals surface area contributed by atoms with Crippen molar-refractivity contribution in [3.8, 4) is 16.8 Å². The third kappa shape index (κ3) is 8.98. The summed E-state index contributed by atoms with van der Waals surface area (Å²) < 4.78 is 14.8. The van der Waals surface area contributed by atoms with Crippen LogP contribution >= 0.6 is 11.8 Å². The Kier molecular flexibility index (Phi) is 11.4. The molecule has 1 aliphatic rings. The number of thioether (sulfide) groups is 1. The lowest BCUT2D eigenvalue weighted by Crippen LogP contribution is -2.31. The average Bonchev–Trinajstić information content (AvgIpc) is 3.62. The van der Waals surface area contributed by atoms with Crippen LogP contribution in [0.3, 0.4) is 0 Å². The van der Waals surface area contributed by atoms with Gasteiger partial charge in [-0.1, -0.05) is 103 Å². The molecule has 0 bridgehead atoms. The van der Waals surface area contributed by atoms with Gasteiger partial charge in [0.2, 0.25) is 11.1 Å². The lowest BCUT2D eigenvalue weighted by Gasteiger charge is -2.36. The van der Waals surface area contributed by atoms with Gasteiger partial charge in [-0.2, -0.15) is 4.68 Å². The number of carboxylic acid groups (broad SMARTS) is 1. The average molecular weight is 680 g/mol. The zero-order valence-corrected chi connectivity index (χ0v) is 27.5. The molecule has 4 aromatic carbocycles. The maximum Gasteiger partial charge on any atom is 0.303 e. The molecule has 3 atom stereocenters. The van der Waals surface area contributed by atoms with Gasteiger partial charge in [0.05, 0.1) is 24.5 Å². The molecule has 5 aromatic rings. The number of aliphatic hydroxyl groups excluding tert-OH is 1. The summed E-state index contributed by atoms with van der Waals surface area (Å²) in [4.78, 5) is 23.1. The number of carboxylic acids is 1. The van der Waals surface area contributed by atoms with E-state index in [1.165, 1.54) is 11.8 Å². The Hall–Kier alpha value is -4.88. The molecule has 0 unspecified atom stereocenters. The second-order valence-electron chi connectivity index (χ2n) is 11.7. The molecule has 6 rings (SSSR count). The number of para-hydroxylation sites is 1. The SMILES string of the molecule is O=C(O)CCCC(=O)NCc1ccccc1-c1ccc([C@@H]2O[C@H](CSc3nnnn3-c3ccccc3)C[C@H](c3ccc(CO)cc3)O2)cc1. The zero-order valence-electron chi connectivity index (χ0n) is 26.7. The summed E-state index contributed by atoms with van der Waals surface area (Å²) in [6.07, 6.45) is 0.0321. The minimum Gasteiger partial charge on any atom is -0.481 e. The van der Waals surface area contributed by atoms with Gasteiger partial charge in [0.25, 0.3) is 0 Å². The third-order valence-electron chi connectivity index (χ3n) is 8.24. The largest absolute Gasteiger partial charge is 0.481 e. The highest BCUT2D eigenvalue weighted by Gasteiger charge is 2.32. The topological polar surface area (TPSA) is 149 Å². The fourth-order valence-corrected chi connectivity index (χ4v) is 6.56. The number of carbonyl (C=O) groups excluding carboxylic acids is 1. The van der Waals surface area contributed by atoms with E-state index in [-0.39, 0.29) is 37.6 Å². The van der Waals surface area contributed by atoms with Crippen LogP contribution in [0.25, 0.3) is 16.8 Å². The van der Waals surface area contributed by atoms with Crippen LogP contribution in [0, 0.1) is 0 Å². The van der Waals surface area contributed by atoms with Crippen molar-refractivity contribution in [1.29, 1.82) is 0 Å². The van der Waals surface area contributed by atoms with Crippen LogP contribution in [0.4, 0.5) is 0 Å². The van der Waals surface area contributed by atoms with E-state index in [1.54, 1.807) is 4.68 Å². The molecule has 3 N–H and O–H groups in total. The molecule has 0 radical (unpaired) electrons. The van der Waals surface area contributed by atoms with E-state index in [0.29, 0.717) is 30.3 Å². The van der Waals surface area contributed by atoms with Crippen LogP contribution < -0.4 is 5.32 Å². The molecule has 0 saturated carbocycles. The first kappa shape index (κ1) is 34.0. The van der Waals surface area contributed by atoms with E-state index in [0.717, 1.165) is 39.1 Å². The molecular weight excluding hydrogens is 643 g/mol. The van der Waals surface area contributed by atoms with E-state index >= 15 is 0 Å². The molecule has 1 aliphatic heterocycles. The Morgan fingerprint density at radius 1 is 0.878 bits per heavy atom. The first-order valence-electron chi connectivity index (χ1n) is 16.1. The molecule has 49 heavy (non-hydrogen) atoms. The van der Waals surface area contributed by atoms with Crippen molar-refractivity contribution < 1.29 is 29.3 Å². The van der Waals surface area contributed by atoms with E-state index in [9.17, 15) is 14.7 Å². The van der Waals surface area contributed by atoms with E-state index in [1.807, 2.05) is 103 Å². The van der Waals surface area contributed by atoms with Crippen molar-refractivity contribution >= 4 is 23.6 Å². The van der Waals surface area contributed by atoms with Gasteiger partial charge in [-0.25, -0.2) is 0 Å². The van der Waals surface area contributed by atoms with Crippen LogP contribution in [0.1, 0.15) is 60.3 Å². The highest BCUT2D eigenvalue weighted by Crippen LogP contribution is 2.40. The van der Waals surface area contributed by atoms with Gasteiger partial charge < -0.3 is 25.0 Å². The Bertz CT molecular complexity index is 1830. The molecule has 1 amide bonds. The molecule has 2 heterocycles. The molecule has 11 nitrogen and oxygen atoms in total. The summed E-state index contributed by atoms with van der Waals surface area (Å²) in [5.74, 6) is -0.483. The fourth-order valence-electron chi connectivity index (χ4n) is 5.65. The highest BCUT2D eigenvalue weighted by atomic mass is 32.2. The number of tetrazole rings is 1. The van der Waals surface area contributed by atoms with Crippen molar-refractivity contribution in [3.05, 3.63) is 125 Å². The van der Waals surface area contributed by atoms with Crippen LogP contribution in [-0.4, -0.2) is 54.2 Å². The highest BCUT2D eigenvalue weighted by molar-refractivity contribution is 7.99. The summed E-state index contributed by atoms with van der Waals surface area (Å²) in [6.45, 7) is 0.309. The number of nitrogens with one attached hydrogen (secondary N) is 1. The molecule has 1 aromatic heterocycles. The quantitative estimate of drug-likeness (QED) is 0.119. The van der Waals surface area contributed by atoms with Crippen LogP contribution in [0.5, 0.6) is 0 Å². The second kappa shape index (κ2) is 16.5. The number of ether oxygens (including phenoxy) is 2. The first-order chi connectivity index (χ1) is 24.0. The molecule has 12 heteroatoms. The van der Waals surface area contributed by atoms with Crippen molar-refractivity contribution in [1.82, 2.24) is 25.5 Å². The summed E-state index contributed by atoms with van der Waals surface area (Å²) in [5.41, 5.74) is 6.50. The van der Waals surface area contributed by atoms with Gasteiger partial charge in [0, 0.05) is 37.1 Å². The maximum atomic E-state index is 12.3. The Morgan fingerprint density at radius 3 is 2.37 bits per heavy atom. The van der Waals surface area contributed by atoms with Gasteiger partial charge in [-0.3, -0.25) is 9.59 Å². The molecule has 1 fully saturated rings. The van der Waals surface area contributed by atoms with Crippen LogP contribution in [0.15, 0.2) is 108 Å². The minimum absolute atomic E-state index is 0.0262. The number of benzene rings is 4. The van der Waals surface area contributed by atoms with Gasteiger partial charge in [0.15, 0.2) is 6.29 Å². The number of nitrogens with zero attached hydrogens (tertiary/aromatic N) is 4. The number of aliphatic carboxylic acids is 1. The van der Waals surface area contributed by atoms with Gasteiger partial charge in [-0.05, 0) is 56.8 Å². The number of hydrogen-bond donors (Lipinski definition) is 3.